The van der Waals surface area contributed by atoms with Crippen molar-refractivity contribution in [3.63, 3.8) is 0 Å². The molecule has 2 aromatic carbocycles. The van der Waals surface area contributed by atoms with E-state index in [1.807, 2.05) is 30.3 Å². The first-order valence-corrected chi connectivity index (χ1v) is 9.08. The highest BCUT2D eigenvalue weighted by Gasteiger charge is 2.25. The van der Waals surface area contributed by atoms with Crippen LogP contribution in [0.4, 0.5) is 0 Å². The monoisotopic (exact) mass is 410 g/mol. The van der Waals surface area contributed by atoms with Gasteiger partial charge < -0.3 is 9.26 Å². The number of halogens is 1. The van der Waals surface area contributed by atoms with Crippen molar-refractivity contribution in [3.05, 3.63) is 77.4 Å². The molecule has 1 atom stereocenters. The highest BCUT2D eigenvalue weighted by molar-refractivity contribution is 6.30. The lowest BCUT2D eigenvalue weighted by Crippen LogP contribution is -2.24. The van der Waals surface area contributed by atoms with E-state index in [-0.39, 0.29) is 12.5 Å². The number of nitrogens with zero attached hydrogens (tertiary/aromatic N) is 6. The average Bonchev–Trinajstić information content (AvgIpc) is 3.44. The number of esters is 1. The molecule has 0 amide bonds. The molecule has 4 aromatic rings. The highest BCUT2D eigenvalue weighted by Crippen LogP contribution is 2.20. The van der Waals surface area contributed by atoms with Crippen molar-refractivity contribution in [2.24, 2.45) is 0 Å². The molecular weight excluding hydrogens is 396 g/mol. The van der Waals surface area contributed by atoms with Gasteiger partial charge in [0.1, 0.15) is 6.33 Å². The van der Waals surface area contributed by atoms with Crippen molar-refractivity contribution in [2.45, 2.75) is 19.1 Å². The number of rotatable bonds is 7. The molecule has 0 unspecified atom stereocenters. The van der Waals surface area contributed by atoms with Crippen LogP contribution in [0.5, 0.6) is 0 Å². The fourth-order valence-corrected chi connectivity index (χ4v) is 2.82. The summed E-state index contributed by atoms with van der Waals surface area (Å²) in [6, 6.07) is 15.8. The number of aromatic nitrogens is 6. The van der Waals surface area contributed by atoms with Crippen LogP contribution in [0.25, 0.3) is 11.4 Å². The average molecular weight is 411 g/mol. The minimum atomic E-state index is -0.717. The van der Waals surface area contributed by atoms with Crippen LogP contribution in [0.2, 0.25) is 5.02 Å². The lowest BCUT2D eigenvalue weighted by atomic mass is 10.1. The van der Waals surface area contributed by atoms with Gasteiger partial charge in [-0.15, -0.1) is 5.10 Å². The molecule has 146 valence electrons. The third kappa shape index (κ3) is 4.64. The number of benzene rings is 2. The third-order valence-corrected chi connectivity index (χ3v) is 4.39. The lowest BCUT2D eigenvalue weighted by Gasteiger charge is -2.14. The predicted octanol–water partition coefficient (Wildman–Crippen LogP) is 2.90. The number of hydrogen-bond acceptors (Lipinski definition) is 8. The summed E-state index contributed by atoms with van der Waals surface area (Å²) in [5, 5.41) is 15.5. The third-order valence-electron chi connectivity index (χ3n) is 4.14. The molecule has 4 rings (SSSR count). The van der Waals surface area contributed by atoms with Gasteiger partial charge in [-0.25, -0.2) is 9.48 Å². The van der Waals surface area contributed by atoms with Crippen LogP contribution in [-0.2, 0) is 22.6 Å². The molecule has 0 saturated heterocycles. The Labute approximate surface area is 170 Å². The number of hydrogen-bond donors (Lipinski definition) is 0. The van der Waals surface area contributed by atoms with Gasteiger partial charge in [-0.05, 0) is 40.3 Å². The maximum atomic E-state index is 12.7. The smallest absolute Gasteiger partial charge is 0.331 e. The molecule has 2 heterocycles. The summed E-state index contributed by atoms with van der Waals surface area (Å²) >= 11 is 5.88. The first-order chi connectivity index (χ1) is 14.2. The van der Waals surface area contributed by atoms with Crippen molar-refractivity contribution < 1.29 is 14.1 Å². The number of tetrazole rings is 1. The van der Waals surface area contributed by atoms with Crippen LogP contribution < -0.4 is 0 Å². The molecule has 2 aromatic heterocycles. The van der Waals surface area contributed by atoms with Crippen LogP contribution in [0.15, 0.2) is 65.4 Å². The SMILES string of the molecule is O=C(OCc1nc(-c2ccc(Cl)cc2)no1)[C@@H](Cc1ccccc1)n1cnnn1. The normalized spacial score (nSPS) is 11.9. The van der Waals surface area contributed by atoms with Crippen molar-refractivity contribution in [2.75, 3.05) is 0 Å². The molecule has 10 heteroatoms. The molecule has 0 saturated carbocycles. The molecule has 0 bridgehead atoms. The lowest BCUT2D eigenvalue weighted by molar-refractivity contribution is -0.150. The summed E-state index contributed by atoms with van der Waals surface area (Å²) in [4.78, 5) is 16.9. The minimum absolute atomic E-state index is 0.160. The van der Waals surface area contributed by atoms with Crippen molar-refractivity contribution in [1.82, 2.24) is 30.3 Å². The Kier molecular flexibility index (Phi) is 5.57. The summed E-state index contributed by atoms with van der Waals surface area (Å²) in [7, 11) is 0. The van der Waals surface area contributed by atoms with Crippen LogP contribution >= 0.6 is 11.6 Å². The quantitative estimate of drug-likeness (QED) is 0.428. The maximum absolute atomic E-state index is 12.7. The minimum Gasteiger partial charge on any atom is -0.454 e. The van der Waals surface area contributed by atoms with Gasteiger partial charge in [0.2, 0.25) is 5.82 Å². The summed E-state index contributed by atoms with van der Waals surface area (Å²) < 4.78 is 11.9. The zero-order chi connectivity index (χ0) is 20.1. The van der Waals surface area contributed by atoms with Gasteiger partial charge in [-0.3, -0.25) is 0 Å². The molecule has 29 heavy (non-hydrogen) atoms. The summed E-state index contributed by atoms with van der Waals surface area (Å²) in [5.74, 6) is 0.0555. The highest BCUT2D eigenvalue weighted by atomic mass is 35.5. The number of carbonyl (C=O) groups excluding carboxylic acids is 1. The molecule has 0 aliphatic heterocycles. The van der Waals surface area contributed by atoms with Crippen molar-refractivity contribution in [1.29, 1.82) is 0 Å². The second kappa shape index (κ2) is 8.61. The molecular formula is C19H15ClN6O3. The van der Waals surface area contributed by atoms with E-state index in [9.17, 15) is 4.79 Å². The number of ether oxygens (including phenoxy) is 1. The Balaban J connectivity index is 1.43. The van der Waals surface area contributed by atoms with Gasteiger partial charge in [-0.1, -0.05) is 47.1 Å². The van der Waals surface area contributed by atoms with Crippen LogP contribution in [-0.4, -0.2) is 36.3 Å². The van der Waals surface area contributed by atoms with Gasteiger partial charge >= 0.3 is 5.97 Å². The van der Waals surface area contributed by atoms with E-state index in [1.54, 1.807) is 24.3 Å². The second-order valence-corrected chi connectivity index (χ2v) is 6.56. The van der Waals surface area contributed by atoms with E-state index >= 15 is 0 Å². The Bertz CT molecular complexity index is 1070. The first kappa shape index (κ1) is 18.8. The number of carbonyl (C=O) groups is 1. The molecule has 0 radical (unpaired) electrons. The first-order valence-electron chi connectivity index (χ1n) is 8.70. The van der Waals surface area contributed by atoms with Gasteiger partial charge in [0, 0.05) is 17.0 Å². The molecule has 0 fully saturated rings. The fourth-order valence-electron chi connectivity index (χ4n) is 2.69. The van der Waals surface area contributed by atoms with Crippen LogP contribution in [0.3, 0.4) is 0 Å². The summed E-state index contributed by atoms with van der Waals surface area (Å²) in [6.07, 6.45) is 1.75. The predicted molar refractivity (Wildman–Crippen MR) is 102 cm³/mol. The Morgan fingerprint density at radius 1 is 1.14 bits per heavy atom. The van der Waals surface area contributed by atoms with Crippen LogP contribution in [0, 0.1) is 0 Å². The zero-order valence-electron chi connectivity index (χ0n) is 15.1. The second-order valence-electron chi connectivity index (χ2n) is 6.12. The molecule has 9 nitrogen and oxygen atoms in total. The standard InChI is InChI=1S/C19H15ClN6O3/c20-15-8-6-14(7-9-15)18-22-17(29-23-18)11-28-19(27)16(26-12-21-24-25-26)10-13-4-2-1-3-5-13/h1-9,12,16H,10-11H2/t16-/m1/s1. The largest absolute Gasteiger partial charge is 0.454 e. The van der Waals surface area contributed by atoms with E-state index in [0.29, 0.717) is 17.3 Å². The Morgan fingerprint density at radius 2 is 1.93 bits per heavy atom. The van der Waals surface area contributed by atoms with E-state index in [1.165, 1.54) is 11.0 Å². The maximum Gasteiger partial charge on any atom is 0.331 e. The summed E-state index contributed by atoms with van der Waals surface area (Å²) in [6.45, 7) is -0.160. The molecule has 0 aliphatic rings. The topological polar surface area (TPSA) is 109 Å². The van der Waals surface area contributed by atoms with Gasteiger partial charge in [0.05, 0.1) is 0 Å². The van der Waals surface area contributed by atoms with Crippen molar-refractivity contribution in [3.8, 4) is 11.4 Å². The van der Waals surface area contributed by atoms with E-state index in [2.05, 4.69) is 25.7 Å². The van der Waals surface area contributed by atoms with E-state index in [0.717, 1.165) is 11.1 Å². The molecule has 0 N–H and O–H groups in total. The Hall–Kier alpha value is -3.59. The van der Waals surface area contributed by atoms with E-state index in [4.69, 9.17) is 20.9 Å². The molecule has 0 aliphatic carbocycles. The van der Waals surface area contributed by atoms with Gasteiger partial charge in [0.25, 0.3) is 5.89 Å². The van der Waals surface area contributed by atoms with Crippen LogP contribution in [0.1, 0.15) is 17.5 Å². The zero-order valence-corrected chi connectivity index (χ0v) is 15.8. The fraction of sp³-hybridized carbons (Fsp3) is 0.158. The van der Waals surface area contributed by atoms with E-state index < -0.39 is 12.0 Å². The van der Waals surface area contributed by atoms with Crippen molar-refractivity contribution >= 4 is 17.6 Å². The van der Waals surface area contributed by atoms with Gasteiger partial charge in [0.15, 0.2) is 12.6 Å². The summed E-state index contributed by atoms with van der Waals surface area (Å²) in [5.41, 5.74) is 1.69. The molecule has 0 spiro atoms. The Morgan fingerprint density at radius 3 is 2.66 bits per heavy atom. The van der Waals surface area contributed by atoms with Gasteiger partial charge in [-0.2, -0.15) is 4.98 Å².